The van der Waals surface area contributed by atoms with Gasteiger partial charge in [-0.2, -0.15) is 0 Å². The van der Waals surface area contributed by atoms with E-state index in [9.17, 15) is 0 Å². The average Bonchev–Trinajstić information content (AvgIpc) is 2.82. The van der Waals surface area contributed by atoms with Crippen LogP contribution in [0.2, 0.25) is 0 Å². The lowest BCUT2D eigenvalue weighted by Gasteiger charge is -2.24. The second kappa shape index (κ2) is 5.93. The molecule has 4 heteroatoms. The topological polar surface area (TPSA) is 27.7 Å². The van der Waals surface area contributed by atoms with E-state index in [0.717, 1.165) is 23.5 Å². The van der Waals surface area contributed by atoms with Crippen molar-refractivity contribution in [3.05, 3.63) is 23.8 Å². The van der Waals surface area contributed by atoms with Gasteiger partial charge in [-0.3, -0.25) is 0 Å². The van der Waals surface area contributed by atoms with Crippen LogP contribution in [0.15, 0.2) is 18.2 Å². The molecular weight excluding hydrogens is 296 g/mol. The van der Waals surface area contributed by atoms with Crippen molar-refractivity contribution in [1.82, 2.24) is 0 Å². The molecule has 0 saturated heterocycles. The quantitative estimate of drug-likeness (QED) is 0.767. The minimum atomic E-state index is 0.0226. The van der Waals surface area contributed by atoms with Gasteiger partial charge < -0.3 is 14.2 Å². The van der Waals surface area contributed by atoms with Gasteiger partial charge in [-0.1, -0.05) is 28.9 Å². The third-order valence-corrected chi connectivity index (χ3v) is 3.58. The largest absolute Gasteiger partial charge is 0.454 e. The highest BCUT2D eigenvalue weighted by Crippen LogP contribution is 2.37. The minimum Gasteiger partial charge on any atom is -0.454 e. The van der Waals surface area contributed by atoms with E-state index in [2.05, 4.69) is 36.7 Å². The van der Waals surface area contributed by atoms with E-state index in [1.165, 1.54) is 0 Å². The van der Waals surface area contributed by atoms with E-state index in [1.807, 2.05) is 18.2 Å². The molecule has 2 rings (SSSR count). The highest BCUT2D eigenvalue weighted by molar-refractivity contribution is 9.09. The Labute approximate surface area is 117 Å². The molecule has 1 heterocycles. The molecule has 0 unspecified atom stereocenters. The van der Waals surface area contributed by atoms with Crippen LogP contribution in [0.4, 0.5) is 0 Å². The van der Waals surface area contributed by atoms with Crippen LogP contribution in [0, 0.1) is 0 Å². The maximum Gasteiger partial charge on any atom is 0.231 e. The lowest BCUT2D eigenvalue weighted by atomic mass is 10.1. The third-order valence-electron chi connectivity index (χ3n) is 3.10. The van der Waals surface area contributed by atoms with Crippen LogP contribution in [-0.2, 0) is 4.74 Å². The van der Waals surface area contributed by atoms with Gasteiger partial charge in [0.1, 0.15) is 0 Å². The molecule has 0 fully saturated rings. The molecule has 1 aromatic rings. The monoisotopic (exact) mass is 314 g/mol. The zero-order valence-electron chi connectivity index (χ0n) is 11.0. The number of rotatable bonds is 5. The number of fused-ring (bicyclic) bond motifs is 1. The summed E-state index contributed by atoms with van der Waals surface area (Å²) in [5.74, 6) is 1.61. The lowest BCUT2D eigenvalue weighted by Crippen LogP contribution is -2.19. The Morgan fingerprint density at radius 3 is 2.67 bits per heavy atom. The SMILES string of the molecule is CC[C@H](C)O[C@H](c1ccc2c(c1)OCO2)[C@@H](C)Br. The van der Waals surface area contributed by atoms with Crippen LogP contribution in [-0.4, -0.2) is 17.7 Å². The summed E-state index contributed by atoms with van der Waals surface area (Å²) in [6, 6.07) is 5.99. The lowest BCUT2D eigenvalue weighted by molar-refractivity contribution is -0.00306. The van der Waals surface area contributed by atoms with E-state index in [0.29, 0.717) is 6.79 Å². The molecule has 0 saturated carbocycles. The molecule has 0 amide bonds. The van der Waals surface area contributed by atoms with Gasteiger partial charge >= 0.3 is 0 Å². The van der Waals surface area contributed by atoms with Gasteiger partial charge in [-0.25, -0.2) is 0 Å². The Morgan fingerprint density at radius 1 is 1.28 bits per heavy atom. The zero-order chi connectivity index (χ0) is 13.1. The van der Waals surface area contributed by atoms with Crippen molar-refractivity contribution in [3.63, 3.8) is 0 Å². The second-order valence-corrected chi connectivity index (χ2v) is 6.01. The van der Waals surface area contributed by atoms with Gasteiger partial charge in [0, 0.05) is 4.83 Å². The molecule has 0 spiro atoms. The molecule has 1 aromatic carbocycles. The molecule has 0 radical (unpaired) electrons. The van der Waals surface area contributed by atoms with E-state index >= 15 is 0 Å². The van der Waals surface area contributed by atoms with E-state index < -0.39 is 0 Å². The van der Waals surface area contributed by atoms with E-state index in [-0.39, 0.29) is 17.0 Å². The van der Waals surface area contributed by atoms with Crippen molar-refractivity contribution in [2.24, 2.45) is 0 Å². The Hall–Kier alpha value is -0.740. The predicted octanol–water partition coefficient (Wildman–Crippen LogP) is 4.05. The fourth-order valence-electron chi connectivity index (χ4n) is 1.89. The molecule has 18 heavy (non-hydrogen) atoms. The number of halogens is 1. The van der Waals surface area contributed by atoms with Crippen molar-refractivity contribution in [1.29, 1.82) is 0 Å². The fraction of sp³-hybridized carbons (Fsp3) is 0.571. The molecule has 0 N–H and O–H groups in total. The fourth-order valence-corrected chi connectivity index (χ4v) is 2.32. The maximum atomic E-state index is 6.06. The van der Waals surface area contributed by atoms with Crippen molar-refractivity contribution in [3.8, 4) is 11.5 Å². The smallest absolute Gasteiger partial charge is 0.231 e. The molecule has 1 aliphatic heterocycles. The van der Waals surface area contributed by atoms with Gasteiger partial charge in [-0.15, -0.1) is 0 Å². The number of ether oxygens (including phenoxy) is 3. The van der Waals surface area contributed by atoms with Crippen molar-refractivity contribution in [2.45, 2.75) is 44.2 Å². The molecule has 0 aliphatic carbocycles. The molecule has 100 valence electrons. The van der Waals surface area contributed by atoms with Crippen molar-refractivity contribution >= 4 is 15.9 Å². The molecular formula is C14H19BrO3. The summed E-state index contributed by atoms with van der Waals surface area (Å²) in [5, 5.41) is 0. The molecule has 1 aliphatic rings. The van der Waals surface area contributed by atoms with Crippen LogP contribution in [0.5, 0.6) is 11.5 Å². The Kier molecular flexibility index (Phi) is 4.51. The molecule has 3 atom stereocenters. The summed E-state index contributed by atoms with van der Waals surface area (Å²) in [6.45, 7) is 6.62. The van der Waals surface area contributed by atoms with Crippen molar-refractivity contribution < 1.29 is 14.2 Å². The zero-order valence-corrected chi connectivity index (χ0v) is 12.6. The summed E-state index contributed by atoms with van der Waals surface area (Å²) in [4.78, 5) is 0.242. The van der Waals surface area contributed by atoms with Gasteiger partial charge in [0.15, 0.2) is 11.5 Å². The summed E-state index contributed by atoms with van der Waals surface area (Å²) in [5.41, 5.74) is 1.11. The first-order valence-electron chi connectivity index (χ1n) is 6.31. The molecule has 0 bridgehead atoms. The van der Waals surface area contributed by atoms with Crippen LogP contribution in [0.25, 0.3) is 0 Å². The summed E-state index contributed by atoms with van der Waals surface area (Å²) in [7, 11) is 0. The number of benzene rings is 1. The number of hydrogen-bond acceptors (Lipinski definition) is 3. The van der Waals surface area contributed by atoms with Gasteiger partial charge in [0.2, 0.25) is 6.79 Å². The Morgan fingerprint density at radius 2 is 2.00 bits per heavy atom. The van der Waals surface area contributed by atoms with Gasteiger partial charge in [0.05, 0.1) is 12.2 Å². The van der Waals surface area contributed by atoms with Crippen LogP contribution < -0.4 is 9.47 Å². The van der Waals surface area contributed by atoms with E-state index in [1.54, 1.807) is 0 Å². The number of alkyl halides is 1. The summed E-state index contributed by atoms with van der Waals surface area (Å²) in [6.07, 6.45) is 1.26. The van der Waals surface area contributed by atoms with Gasteiger partial charge in [0.25, 0.3) is 0 Å². The predicted molar refractivity (Wildman–Crippen MR) is 74.5 cm³/mol. The van der Waals surface area contributed by atoms with Crippen LogP contribution >= 0.6 is 15.9 Å². The average molecular weight is 315 g/mol. The van der Waals surface area contributed by atoms with Crippen LogP contribution in [0.1, 0.15) is 38.9 Å². The second-order valence-electron chi connectivity index (χ2n) is 4.57. The highest BCUT2D eigenvalue weighted by atomic mass is 79.9. The molecule has 0 aromatic heterocycles. The van der Waals surface area contributed by atoms with E-state index in [4.69, 9.17) is 14.2 Å². The standard InChI is InChI=1S/C14H19BrO3/c1-4-9(2)18-14(10(3)15)11-5-6-12-13(7-11)17-8-16-12/h5-7,9-10,14H,4,8H2,1-3H3/t9-,10+,14-/m0/s1. The first kappa shape index (κ1) is 13.7. The highest BCUT2D eigenvalue weighted by Gasteiger charge is 2.23. The minimum absolute atomic E-state index is 0.0226. The Balaban J connectivity index is 2.20. The van der Waals surface area contributed by atoms with Crippen molar-refractivity contribution in [2.75, 3.05) is 6.79 Å². The third kappa shape index (κ3) is 2.98. The van der Waals surface area contributed by atoms with Gasteiger partial charge in [-0.05, 0) is 38.0 Å². The Bertz CT molecular complexity index is 406. The first-order valence-corrected chi connectivity index (χ1v) is 7.22. The summed E-state index contributed by atoms with van der Waals surface area (Å²) < 4.78 is 16.8. The maximum absolute atomic E-state index is 6.06. The normalized spacial score (nSPS) is 18.4. The first-order chi connectivity index (χ1) is 8.61. The van der Waals surface area contributed by atoms with Crippen LogP contribution in [0.3, 0.4) is 0 Å². The molecule has 3 nitrogen and oxygen atoms in total. The summed E-state index contributed by atoms with van der Waals surface area (Å²) >= 11 is 3.62. The number of hydrogen-bond donors (Lipinski definition) is 0.